The van der Waals surface area contributed by atoms with Crippen LogP contribution in [0.5, 0.6) is 0 Å². The number of amides is 2. The molecule has 1 aliphatic heterocycles. The molecule has 3 N–H and O–H groups in total. The van der Waals surface area contributed by atoms with Gasteiger partial charge in [-0.15, -0.1) is 0 Å². The summed E-state index contributed by atoms with van der Waals surface area (Å²) in [5, 5.41) is 14.5. The van der Waals surface area contributed by atoms with Crippen LogP contribution in [-0.2, 0) is 19.1 Å². The molecule has 1 aliphatic carbocycles. The van der Waals surface area contributed by atoms with Crippen molar-refractivity contribution in [2.24, 2.45) is 5.41 Å². The summed E-state index contributed by atoms with van der Waals surface area (Å²) < 4.78 is 5.23. The maximum Gasteiger partial charge on any atom is 0.311 e. The molecule has 0 spiro atoms. The van der Waals surface area contributed by atoms with Gasteiger partial charge >= 0.3 is 17.8 Å². The van der Waals surface area contributed by atoms with E-state index in [-0.39, 0.29) is 11.3 Å². The van der Waals surface area contributed by atoms with Gasteiger partial charge in [0.15, 0.2) is 0 Å². The minimum Gasteiger partial charge on any atom is -0.481 e. The second kappa shape index (κ2) is 7.53. The highest BCUT2D eigenvalue weighted by atomic mass is 32.2. The SMILES string of the molecule is CSC1(CNC(=O)C(=O)NCC2(C(=O)O)CCOCC2)CCC1. The Bertz CT molecular complexity index is 467. The molecular formula is C15H24N2O5S. The molecule has 0 bridgehead atoms. The molecule has 130 valence electrons. The number of aliphatic carboxylic acids is 1. The van der Waals surface area contributed by atoms with Gasteiger partial charge in [0.25, 0.3) is 0 Å². The number of hydrogen-bond acceptors (Lipinski definition) is 5. The standard InChI is InChI=1S/C15H24N2O5S/c1-23-15(3-2-4-15)10-17-12(19)11(18)16-9-14(13(20)21)5-7-22-8-6-14/h2-10H2,1H3,(H,16,18)(H,17,19)(H,20,21). The molecule has 23 heavy (non-hydrogen) atoms. The van der Waals surface area contributed by atoms with Gasteiger partial charge in [-0.25, -0.2) is 0 Å². The highest BCUT2D eigenvalue weighted by Gasteiger charge is 2.41. The lowest BCUT2D eigenvalue weighted by molar-refractivity contribution is -0.155. The first-order valence-corrected chi connectivity index (χ1v) is 9.08. The van der Waals surface area contributed by atoms with Crippen molar-refractivity contribution in [2.75, 3.05) is 32.6 Å². The van der Waals surface area contributed by atoms with Gasteiger partial charge in [-0.2, -0.15) is 11.8 Å². The molecular weight excluding hydrogens is 320 g/mol. The number of hydrogen-bond donors (Lipinski definition) is 3. The highest BCUT2D eigenvalue weighted by Crippen LogP contribution is 2.42. The molecule has 7 nitrogen and oxygen atoms in total. The third-order valence-corrected chi connectivity index (χ3v) is 6.38. The highest BCUT2D eigenvalue weighted by molar-refractivity contribution is 8.00. The van der Waals surface area contributed by atoms with Crippen molar-refractivity contribution in [3.8, 4) is 0 Å². The van der Waals surface area contributed by atoms with Gasteiger partial charge in [-0.05, 0) is 31.9 Å². The monoisotopic (exact) mass is 344 g/mol. The van der Waals surface area contributed by atoms with E-state index in [0.29, 0.717) is 32.6 Å². The molecule has 1 saturated heterocycles. The molecule has 8 heteroatoms. The van der Waals surface area contributed by atoms with E-state index in [1.807, 2.05) is 6.26 Å². The van der Waals surface area contributed by atoms with E-state index in [1.54, 1.807) is 11.8 Å². The molecule has 0 radical (unpaired) electrons. The van der Waals surface area contributed by atoms with Crippen LogP contribution in [0.3, 0.4) is 0 Å². The van der Waals surface area contributed by atoms with Crippen molar-refractivity contribution >= 4 is 29.5 Å². The molecule has 1 saturated carbocycles. The van der Waals surface area contributed by atoms with E-state index < -0.39 is 23.2 Å². The molecule has 0 aromatic carbocycles. The molecule has 1 heterocycles. The summed E-state index contributed by atoms with van der Waals surface area (Å²) in [7, 11) is 0. The van der Waals surface area contributed by atoms with Crippen molar-refractivity contribution < 1.29 is 24.2 Å². The van der Waals surface area contributed by atoms with E-state index in [2.05, 4.69) is 10.6 Å². The number of ether oxygens (including phenoxy) is 1. The molecule has 0 aromatic rings. The van der Waals surface area contributed by atoms with Crippen molar-refractivity contribution in [2.45, 2.75) is 36.9 Å². The van der Waals surface area contributed by atoms with Crippen LogP contribution in [0.25, 0.3) is 0 Å². The lowest BCUT2D eigenvalue weighted by Gasteiger charge is -2.40. The van der Waals surface area contributed by atoms with Crippen LogP contribution in [0.2, 0.25) is 0 Å². The summed E-state index contributed by atoms with van der Waals surface area (Å²) >= 11 is 1.71. The van der Waals surface area contributed by atoms with E-state index in [1.165, 1.54) is 0 Å². The predicted molar refractivity (Wildman–Crippen MR) is 86.2 cm³/mol. The number of carboxylic acid groups (broad SMARTS) is 1. The van der Waals surface area contributed by atoms with Gasteiger partial charge in [0.05, 0.1) is 5.41 Å². The Morgan fingerprint density at radius 2 is 1.61 bits per heavy atom. The lowest BCUT2D eigenvalue weighted by Crippen LogP contribution is -2.52. The molecule has 2 fully saturated rings. The zero-order chi connectivity index (χ0) is 16.9. The molecule has 2 rings (SSSR count). The van der Waals surface area contributed by atoms with Crippen LogP contribution in [-0.4, -0.2) is 60.2 Å². The third kappa shape index (κ3) is 4.17. The number of carbonyl (C=O) groups excluding carboxylic acids is 2. The van der Waals surface area contributed by atoms with Crippen LogP contribution in [0.1, 0.15) is 32.1 Å². The van der Waals surface area contributed by atoms with Gasteiger partial charge in [-0.3, -0.25) is 14.4 Å². The summed E-state index contributed by atoms with van der Waals surface area (Å²) in [6, 6.07) is 0. The first kappa shape index (κ1) is 18.1. The largest absolute Gasteiger partial charge is 0.481 e. The Morgan fingerprint density at radius 1 is 1.04 bits per heavy atom. The Hall–Kier alpha value is -1.28. The third-order valence-electron chi connectivity index (χ3n) is 4.97. The topological polar surface area (TPSA) is 105 Å². The Kier molecular flexibility index (Phi) is 5.91. The van der Waals surface area contributed by atoms with Crippen LogP contribution in [0, 0.1) is 5.41 Å². The molecule has 0 aromatic heterocycles. The van der Waals surface area contributed by atoms with E-state index in [9.17, 15) is 19.5 Å². The van der Waals surface area contributed by atoms with Crippen molar-refractivity contribution in [3.05, 3.63) is 0 Å². The minimum atomic E-state index is -1.04. The van der Waals surface area contributed by atoms with Crippen LogP contribution >= 0.6 is 11.8 Å². The van der Waals surface area contributed by atoms with Gasteiger partial charge in [-0.1, -0.05) is 6.42 Å². The number of thioether (sulfide) groups is 1. The normalized spacial score (nSPS) is 21.8. The van der Waals surface area contributed by atoms with E-state index >= 15 is 0 Å². The molecule has 2 amide bonds. The van der Waals surface area contributed by atoms with Crippen molar-refractivity contribution in [1.29, 1.82) is 0 Å². The number of carboxylic acids is 1. The van der Waals surface area contributed by atoms with Crippen LogP contribution in [0.15, 0.2) is 0 Å². The summed E-state index contributed by atoms with van der Waals surface area (Å²) in [5.41, 5.74) is -1.04. The average molecular weight is 344 g/mol. The Balaban J connectivity index is 1.81. The molecule has 0 unspecified atom stereocenters. The van der Waals surface area contributed by atoms with E-state index in [4.69, 9.17) is 4.74 Å². The second-order valence-corrected chi connectivity index (χ2v) is 7.58. The zero-order valence-electron chi connectivity index (χ0n) is 13.4. The maximum atomic E-state index is 11.9. The summed E-state index contributed by atoms with van der Waals surface area (Å²) in [6.45, 7) is 1.12. The van der Waals surface area contributed by atoms with Gasteiger partial charge in [0.2, 0.25) is 0 Å². The molecule has 2 aliphatic rings. The van der Waals surface area contributed by atoms with E-state index in [0.717, 1.165) is 19.3 Å². The van der Waals surface area contributed by atoms with Gasteiger partial charge in [0.1, 0.15) is 0 Å². The molecule has 0 atom stereocenters. The minimum absolute atomic E-state index is 0.0500. The van der Waals surface area contributed by atoms with Crippen LogP contribution in [0.4, 0.5) is 0 Å². The fourth-order valence-corrected chi connectivity index (χ4v) is 3.82. The maximum absolute atomic E-state index is 11.9. The Morgan fingerprint density at radius 3 is 2.04 bits per heavy atom. The predicted octanol–water partition coefficient (Wildman–Crippen LogP) is 0.386. The van der Waals surface area contributed by atoms with Crippen LogP contribution < -0.4 is 10.6 Å². The second-order valence-electron chi connectivity index (χ2n) is 6.30. The van der Waals surface area contributed by atoms with Gasteiger partial charge in [0, 0.05) is 31.1 Å². The van der Waals surface area contributed by atoms with Gasteiger partial charge < -0.3 is 20.5 Å². The van der Waals surface area contributed by atoms with Crippen molar-refractivity contribution in [3.63, 3.8) is 0 Å². The Labute approximate surface area is 139 Å². The first-order valence-electron chi connectivity index (χ1n) is 7.85. The number of nitrogens with one attached hydrogen (secondary N) is 2. The lowest BCUT2D eigenvalue weighted by atomic mass is 9.80. The quantitative estimate of drug-likeness (QED) is 0.602. The average Bonchev–Trinajstić information content (AvgIpc) is 2.52. The first-order chi connectivity index (χ1) is 10.9. The zero-order valence-corrected chi connectivity index (χ0v) is 14.2. The fraction of sp³-hybridized carbons (Fsp3) is 0.800. The smallest absolute Gasteiger partial charge is 0.311 e. The summed E-state index contributed by atoms with van der Waals surface area (Å²) in [5.74, 6) is -2.43. The number of rotatable bonds is 6. The summed E-state index contributed by atoms with van der Waals surface area (Å²) in [6.07, 6.45) is 5.90. The fourth-order valence-electron chi connectivity index (χ4n) is 2.90. The van der Waals surface area contributed by atoms with Crippen molar-refractivity contribution in [1.82, 2.24) is 10.6 Å². The number of carbonyl (C=O) groups is 3. The summed E-state index contributed by atoms with van der Waals surface area (Å²) in [4.78, 5) is 35.3.